The monoisotopic (exact) mass is 265 g/mol. The zero-order valence-electron chi connectivity index (χ0n) is 9.87. The quantitative estimate of drug-likeness (QED) is 0.669. The molecule has 6 nitrogen and oxygen atoms in total. The molecular formula is C10H19NO5S. The molecule has 0 aliphatic heterocycles. The molecule has 0 saturated heterocycles. The van der Waals surface area contributed by atoms with Gasteiger partial charge in [-0.05, 0) is 25.2 Å². The molecule has 17 heavy (non-hydrogen) atoms. The fourth-order valence-corrected chi connectivity index (χ4v) is 3.15. The Morgan fingerprint density at radius 2 is 2.00 bits per heavy atom. The number of carbonyl (C=O) groups is 1. The molecule has 0 aromatic carbocycles. The molecule has 0 atom stereocenters. The zero-order chi connectivity index (χ0) is 13.1. The van der Waals surface area contributed by atoms with E-state index in [1.54, 1.807) is 0 Å². The van der Waals surface area contributed by atoms with Crippen molar-refractivity contribution in [2.45, 2.75) is 31.8 Å². The van der Waals surface area contributed by atoms with E-state index in [4.69, 9.17) is 10.2 Å². The highest BCUT2D eigenvalue weighted by Crippen LogP contribution is 2.28. The number of carboxylic acids is 1. The molecule has 0 amide bonds. The van der Waals surface area contributed by atoms with Gasteiger partial charge in [0.2, 0.25) is 10.0 Å². The van der Waals surface area contributed by atoms with Crippen LogP contribution in [0.4, 0.5) is 0 Å². The van der Waals surface area contributed by atoms with Gasteiger partial charge in [0.1, 0.15) is 0 Å². The summed E-state index contributed by atoms with van der Waals surface area (Å²) in [5.74, 6) is -0.889. The lowest BCUT2D eigenvalue weighted by atomic mass is 9.82. The van der Waals surface area contributed by atoms with Gasteiger partial charge >= 0.3 is 5.97 Å². The highest BCUT2D eigenvalue weighted by molar-refractivity contribution is 7.89. The van der Waals surface area contributed by atoms with Gasteiger partial charge in [0.15, 0.2) is 0 Å². The lowest BCUT2D eigenvalue weighted by molar-refractivity contribution is -0.137. The van der Waals surface area contributed by atoms with Crippen molar-refractivity contribution >= 4 is 16.0 Å². The van der Waals surface area contributed by atoms with E-state index in [1.807, 2.05) is 0 Å². The number of hydrogen-bond donors (Lipinski definition) is 2. The van der Waals surface area contributed by atoms with Gasteiger partial charge in [-0.25, -0.2) is 12.7 Å². The van der Waals surface area contributed by atoms with Crippen LogP contribution in [-0.2, 0) is 14.8 Å². The van der Waals surface area contributed by atoms with Crippen LogP contribution in [0.15, 0.2) is 0 Å². The summed E-state index contributed by atoms with van der Waals surface area (Å²) in [6.45, 7) is 0.409. The van der Waals surface area contributed by atoms with Crippen molar-refractivity contribution in [2.75, 3.05) is 19.3 Å². The van der Waals surface area contributed by atoms with Crippen LogP contribution in [0.25, 0.3) is 0 Å². The van der Waals surface area contributed by atoms with Crippen LogP contribution in [0.5, 0.6) is 0 Å². The van der Waals surface area contributed by atoms with Gasteiger partial charge in [-0.2, -0.15) is 0 Å². The minimum absolute atomic E-state index is 0.130. The molecule has 0 unspecified atom stereocenters. The average molecular weight is 265 g/mol. The lowest BCUT2D eigenvalue weighted by Gasteiger charge is -2.34. The topological polar surface area (TPSA) is 94.9 Å². The van der Waals surface area contributed by atoms with Gasteiger partial charge in [-0.3, -0.25) is 4.79 Å². The summed E-state index contributed by atoms with van der Waals surface area (Å²) in [6, 6.07) is 0. The van der Waals surface area contributed by atoms with Gasteiger partial charge in [-0.15, -0.1) is 0 Å². The van der Waals surface area contributed by atoms with E-state index in [9.17, 15) is 13.2 Å². The number of carboxylic acid groups (broad SMARTS) is 1. The summed E-state index contributed by atoms with van der Waals surface area (Å²) in [7, 11) is -1.86. The van der Waals surface area contributed by atoms with Crippen LogP contribution < -0.4 is 0 Å². The molecule has 2 N–H and O–H groups in total. The maximum absolute atomic E-state index is 11.7. The zero-order valence-corrected chi connectivity index (χ0v) is 10.7. The Hall–Kier alpha value is -0.660. The molecule has 1 saturated carbocycles. The smallest absolute Gasteiger partial charge is 0.303 e. The molecule has 1 aliphatic rings. The molecule has 1 aliphatic carbocycles. The number of hydrogen-bond acceptors (Lipinski definition) is 4. The molecule has 7 heteroatoms. The lowest BCUT2D eigenvalue weighted by Crippen LogP contribution is -2.40. The third-order valence-corrected chi connectivity index (χ3v) is 4.90. The summed E-state index contributed by atoms with van der Waals surface area (Å²) in [6.07, 6.45) is 1.01. The van der Waals surface area contributed by atoms with E-state index in [0.29, 0.717) is 19.4 Å². The molecule has 0 spiro atoms. The van der Waals surface area contributed by atoms with Gasteiger partial charge in [0, 0.05) is 20.0 Å². The maximum Gasteiger partial charge on any atom is 0.303 e. The van der Waals surface area contributed by atoms with Crippen LogP contribution in [0, 0.1) is 5.92 Å². The van der Waals surface area contributed by atoms with Crippen molar-refractivity contribution in [1.29, 1.82) is 0 Å². The van der Waals surface area contributed by atoms with Crippen molar-refractivity contribution in [2.24, 2.45) is 5.92 Å². The van der Waals surface area contributed by atoms with Crippen LogP contribution >= 0.6 is 0 Å². The molecule has 1 rings (SSSR count). The molecule has 100 valence electrons. The number of sulfonamides is 1. The summed E-state index contributed by atoms with van der Waals surface area (Å²) < 4.78 is 24.7. The normalized spacial score (nSPS) is 24.6. The predicted octanol–water partition coefficient (Wildman–Crippen LogP) is -0.116. The minimum atomic E-state index is -3.36. The number of nitrogens with zero attached hydrogens (tertiary/aromatic N) is 1. The van der Waals surface area contributed by atoms with Gasteiger partial charge < -0.3 is 10.2 Å². The molecular weight excluding hydrogens is 246 g/mol. The number of rotatable bonds is 7. The first-order valence-corrected chi connectivity index (χ1v) is 7.26. The first-order chi connectivity index (χ1) is 7.81. The fraction of sp³-hybridized carbons (Fsp3) is 0.900. The van der Waals surface area contributed by atoms with Crippen molar-refractivity contribution < 1.29 is 23.4 Å². The SMILES string of the molecule is CN(CC1CC(O)C1)S(=O)(=O)CCCC(=O)O. The maximum atomic E-state index is 11.7. The van der Waals surface area contributed by atoms with Gasteiger partial charge in [0.05, 0.1) is 11.9 Å². The van der Waals surface area contributed by atoms with Crippen molar-refractivity contribution in [1.82, 2.24) is 4.31 Å². The van der Waals surface area contributed by atoms with E-state index in [2.05, 4.69) is 0 Å². The van der Waals surface area contributed by atoms with E-state index in [-0.39, 0.29) is 30.6 Å². The molecule has 0 aromatic rings. The third-order valence-electron chi connectivity index (χ3n) is 2.99. The Balaban J connectivity index is 2.32. The van der Waals surface area contributed by atoms with E-state index >= 15 is 0 Å². The van der Waals surface area contributed by atoms with E-state index < -0.39 is 16.0 Å². The third kappa shape index (κ3) is 4.61. The van der Waals surface area contributed by atoms with E-state index in [0.717, 1.165) is 0 Å². The minimum Gasteiger partial charge on any atom is -0.481 e. The second-order valence-electron chi connectivity index (χ2n) is 4.59. The predicted molar refractivity (Wildman–Crippen MR) is 62.0 cm³/mol. The van der Waals surface area contributed by atoms with Gasteiger partial charge in [0.25, 0.3) is 0 Å². The van der Waals surface area contributed by atoms with Crippen LogP contribution in [0.3, 0.4) is 0 Å². The number of aliphatic carboxylic acids is 1. The standard InChI is InChI=1S/C10H19NO5S/c1-11(7-8-5-9(12)6-8)17(15,16)4-2-3-10(13)14/h8-9,12H,2-7H2,1H3,(H,13,14). The van der Waals surface area contributed by atoms with E-state index in [1.165, 1.54) is 11.4 Å². The summed E-state index contributed by atoms with van der Waals surface area (Å²) in [5.41, 5.74) is 0. The molecule has 0 radical (unpaired) electrons. The van der Waals surface area contributed by atoms with Crippen LogP contribution in [0.1, 0.15) is 25.7 Å². The first kappa shape index (κ1) is 14.4. The molecule has 0 aromatic heterocycles. The largest absolute Gasteiger partial charge is 0.481 e. The van der Waals surface area contributed by atoms with Crippen LogP contribution in [-0.4, -0.2) is 54.4 Å². The Kier molecular flexibility index (Phi) is 4.91. The first-order valence-electron chi connectivity index (χ1n) is 5.65. The molecule has 0 heterocycles. The second kappa shape index (κ2) is 5.79. The Bertz CT molecular complexity index is 361. The molecule has 1 fully saturated rings. The van der Waals surface area contributed by atoms with Crippen molar-refractivity contribution in [3.63, 3.8) is 0 Å². The van der Waals surface area contributed by atoms with Crippen molar-refractivity contribution in [3.8, 4) is 0 Å². The summed E-state index contributed by atoms with van der Waals surface area (Å²) >= 11 is 0. The van der Waals surface area contributed by atoms with Gasteiger partial charge in [-0.1, -0.05) is 0 Å². The highest BCUT2D eigenvalue weighted by Gasteiger charge is 2.30. The summed E-state index contributed by atoms with van der Waals surface area (Å²) in [4.78, 5) is 10.3. The van der Waals surface area contributed by atoms with Crippen molar-refractivity contribution in [3.05, 3.63) is 0 Å². The number of aliphatic hydroxyl groups excluding tert-OH is 1. The summed E-state index contributed by atoms with van der Waals surface area (Å²) in [5, 5.41) is 17.5. The number of aliphatic hydroxyl groups is 1. The molecule has 0 bridgehead atoms. The highest BCUT2D eigenvalue weighted by atomic mass is 32.2. The Morgan fingerprint density at radius 1 is 1.41 bits per heavy atom. The fourth-order valence-electron chi connectivity index (χ4n) is 1.89. The average Bonchev–Trinajstić information content (AvgIpc) is 2.14. The second-order valence-corrected chi connectivity index (χ2v) is 6.78. The van der Waals surface area contributed by atoms with Crippen LogP contribution in [0.2, 0.25) is 0 Å². The Morgan fingerprint density at radius 3 is 2.47 bits per heavy atom. The Labute approximate surface area is 101 Å².